The lowest BCUT2D eigenvalue weighted by Crippen LogP contribution is -2.53. The smallest absolute Gasteiger partial charge is 0.340 e. The number of nitriles is 1. The highest BCUT2D eigenvalue weighted by Crippen LogP contribution is 2.34. The van der Waals surface area contributed by atoms with Crippen LogP contribution in [0.1, 0.15) is 45.1 Å². The molecule has 0 unspecified atom stereocenters. The van der Waals surface area contributed by atoms with E-state index in [0.29, 0.717) is 36.3 Å². The molecule has 2 fully saturated rings. The number of hydrogen-bond donors (Lipinski definition) is 0. The zero-order chi connectivity index (χ0) is 25.1. The number of nitrogens with zero attached hydrogens (tertiary/aromatic N) is 4. The van der Waals surface area contributed by atoms with Gasteiger partial charge in [-0.15, -0.1) is 0 Å². The maximum absolute atomic E-state index is 13.3. The van der Waals surface area contributed by atoms with Crippen molar-refractivity contribution in [1.29, 1.82) is 5.26 Å². The van der Waals surface area contributed by atoms with Gasteiger partial charge in [0.15, 0.2) is 0 Å². The van der Waals surface area contributed by atoms with E-state index in [2.05, 4.69) is 18.7 Å². The Morgan fingerprint density at radius 1 is 1.09 bits per heavy atom. The van der Waals surface area contributed by atoms with Crippen molar-refractivity contribution in [2.24, 2.45) is 5.92 Å². The maximum Gasteiger partial charge on any atom is 0.402 e. The third kappa shape index (κ3) is 6.29. The van der Waals surface area contributed by atoms with Gasteiger partial charge in [-0.2, -0.15) is 22.7 Å². The summed E-state index contributed by atoms with van der Waals surface area (Å²) in [5.41, 5.74) is 0.217. The Labute approximate surface area is 199 Å². The molecule has 1 aliphatic heterocycles. The molecule has 1 saturated carbocycles. The fourth-order valence-corrected chi connectivity index (χ4v) is 6.42. The van der Waals surface area contributed by atoms with Crippen LogP contribution in [0.25, 0.3) is 0 Å². The fraction of sp³-hybridized carbons (Fsp3) is 0.652. The van der Waals surface area contributed by atoms with Gasteiger partial charge in [0, 0.05) is 44.2 Å². The Morgan fingerprint density at radius 3 is 2.12 bits per heavy atom. The number of hydrogen-bond acceptors (Lipinski definition) is 5. The first-order valence-electron chi connectivity index (χ1n) is 11.5. The SMILES string of the molecule is CC(C)N1CCN(C(=O)[C@H]2CC[C@H](N(CC(F)(F)F)S(=O)(=O)c3ccc(C#N)cc3)CC2)CC1. The summed E-state index contributed by atoms with van der Waals surface area (Å²) in [6.07, 6.45) is -3.62. The summed E-state index contributed by atoms with van der Waals surface area (Å²) in [7, 11) is -4.43. The molecular weight excluding hydrogens is 469 g/mol. The van der Waals surface area contributed by atoms with E-state index in [-0.39, 0.29) is 35.1 Å². The Hall–Kier alpha value is -2.16. The predicted octanol–water partition coefficient (Wildman–Crippen LogP) is 3.22. The monoisotopic (exact) mass is 500 g/mol. The lowest BCUT2D eigenvalue weighted by atomic mass is 9.85. The van der Waals surface area contributed by atoms with E-state index < -0.39 is 28.8 Å². The first-order valence-corrected chi connectivity index (χ1v) is 13.0. The third-order valence-electron chi connectivity index (χ3n) is 6.73. The first-order chi connectivity index (χ1) is 15.9. The highest BCUT2D eigenvalue weighted by Gasteiger charge is 2.43. The summed E-state index contributed by atoms with van der Waals surface area (Å²) < 4.78 is 66.8. The molecule has 7 nitrogen and oxygen atoms in total. The van der Waals surface area contributed by atoms with Gasteiger partial charge < -0.3 is 4.90 Å². The second-order valence-electron chi connectivity index (χ2n) is 9.26. The van der Waals surface area contributed by atoms with Crippen LogP contribution in [0.3, 0.4) is 0 Å². The fourth-order valence-electron chi connectivity index (χ4n) is 4.75. The number of rotatable bonds is 6. The Kier molecular flexibility index (Phi) is 8.26. The second-order valence-corrected chi connectivity index (χ2v) is 11.2. The van der Waals surface area contributed by atoms with Crippen LogP contribution >= 0.6 is 0 Å². The van der Waals surface area contributed by atoms with Crippen LogP contribution in [0.5, 0.6) is 0 Å². The molecule has 11 heteroatoms. The van der Waals surface area contributed by atoms with Crippen molar-refractivity contribution in [2.75, 3.05) is 32.7 Å². The van der Waals surface area contributed by atoms with Crippen molar-refractivity contribution in [3.8, 4) is 6.07 Å². The van der Waals surface area contributed by atoms with Gasteiger partial charge in [-0.05, 0) is 63.8 Å². The number of carbonyl (C=O) groups excluding carboxylic acids is 1. The maximum atomic E-state index is 13.3. The molecule has 0 spiro atoms. The van der Waals surface area contributed by atoms with Gasteiger partial charge in [0.05, 0.1) is 16.5 Å². The van der Waals surface area contributed by atoms with Crippen molar-refractivity contribution < 1.29 is 26.4 Å². The number of benzene rings is 1. The molecule has 0 radical (unpaired) electrons. The van der Waals surface area contributed by atoms with Crippen LogP contribution in [0.4, 0.5) is 13.2 Å². The Balaban J connectivity index is 1.69. The van der Waals surface area contributed by atoms with Crippen molar-refractivity contribution in [2.45, 2.75) is 62.7 Å². The normalized spacial score (nSPS) is 22.7. The molecule has 0 aromatic heterocycles. The Bertz CT molecular complexity index is 990. The first kappa shape index (κ1) is 26.4. The van der Waals surface area contributed by atoms with Gasteiger partial charge in [-0.1, -0.05) is 0 Å². The van der Waals surface area contributed by atoms with E-state index in [9.17, 15) is 26.4 Å². The van der Waals surface area contributed by atoms with Crippen LogP contribution in [0.2, 0.25) is 0 Å². The summed E-state index contributed by atoms with van der Waals surface area (Å²) in [6, 6.07) is 6.28. The predicted molar refractivity (Wildman–Crippen MR) is 120 cm³/mol. The molecule has 0 N–H and O–H groups in total. The van der Waals surface area contributed by atoms with E-state index in [1.165, 1.54) is 12.1 Å². The summed E-state index contributed by atoms with van der Waals surface area (Å²) in [5, 5.41) is 8.91. The van der Waals surface area contributed by atoms with Gasteiger partial charge >= 0.3 is 6.18 Å². The van der Waals surface area contributed by atoms with E-state index in [1.807, 2.05) is 11.0 Å². The van der Waals surface area contributed by atoms with Crippen molar-refractivity contribution >= 4 is 15.9 Å². The van der Waals surface area contributed by atoms with Crippen LogP contribution in [0.15, 0.2) is 29.2 Å². The molecule has 3 rings (SSSR count). The molecule has 1 aliphatic carbocycles. The number of amides is 1. The van der Waals surface area contributed by atoms with Crippen LogP contribution in [-0.2, 0) is 14.8 Å². The highest BCUT2D eigenvalue weighted by atomic mass is 32.2. The number of alkyl halides is 3. The van der Waals surface area contributed by atoms with Gasteiger partial charge in [-0.3, -0.25) is 9.69 Å². The van der Waals surface area contributed by atoms with Crippen molar-refractivity contribution in [3.05, 3.63) is 29.8 Å². The quantitative estimate of drug-likeness (QED) is 0.599. The highest BCUT2D eigenvalue weighted by molar-refractivity contribution is 7.89. The van der Waals surface area contributed by atoms with E-state index >= 15 is 0 Å². The summed E-state index contributed by atoms with van der Waals surface area (Å²) in [5.74, 6) is -0.286. The second kappa shape index (κ2) is 10.6. The molecule has 1 aromatic rings. The van der Waals surface area contributed by atoms with Crippen molar-refractivity contribution in [1.82, 2.24) is 14.1 Å². The lowest BCUT2D eigenvalue weighted by Gasteiger charge is -2.40. The lowest BCUT2D eigenvalue weighted by molar-refractivity contribution is -0.144. The zero-order valence-corrected chi connectivity index (χ0v) is 20.3. The number of piperazine rings is 1. The van der Waals surface area contributed by atoms with Crippen LogP contribution in [-0.4, -0.2) is 79.4 Å². The minimum atomic E-state index is -4.71. The summed E-state index contributed by atoms with van der Waals surface area (Å²) >= 11 is 0. The molecule has 1 saturated heterocycles. The molecule has 1 aromatic carbocycles. The van der Waals surface area contributed by atoms with Crippen LogP contribution in [0, 0.1) is 17.2 Å². The van der Waals surface area contributed by atoms with Crippen LogP contribution < -0.4 is 0 Å². The molecule has 0 atom stereocenters. The standard InChI is InChI=1S/C23H31F3N4O3S/c1-17(2)28-11-13-29(14-12-28)22(31)19-5-7-20(8-6-19)30(16-23(24,25)26)34(32,33)21-9-3-18(15-27)4-10-21/h3-4,9-10,17,19-20H,5-8,11-14,16H2,1-2H3/t19-,20-. The molecule has 188 valence electrons. The van der Waals surface area contributed by atoms with E-state index in [0.717, 1.165) is 25.2 Å². The number of sulfonamides is 1. The molecular formula is C23H31F3N4O3S. The van der Waals surface area contributed by atoms with Gasteiger partial charge in [-0.25, -0.2) is 8.42 Å². The largest absolute Gasteiger partial charge is 0.402 e. The minimum absolute atomic E-state index is 0.0131. The number of carbonyl (C=O) groups is 1. The average Bonchev–Trinajstić information content (AvgIpc) is 2.81. The van der Waals surface area contributed by atoms with Gasteiger partial charge in [0.1, 0.15) is 6.54 Å². The topological polar surface area (TPSA) is 84.7 Å². The van der Waals surface area contributed by atoms with Crippen molar-refractivity contribution in [3.63, 3.8) is 0 Å². The third-order valence-corrected chi connectivity index (χ3v) is 8.65. The van der Waals surface area contributed by atoms with Gasteiger partial charge in [0.25, 0.3) is 0 Å². The minimum Gasteiger partial charge on any atom is -0.340 e. The molecule has 0 bridgehead atoms. The Morgan fingerprint density at radius 2 is 1.65 bits per heavy atom. The summed E-state index contributed by atoms with van der Waals surface area (Å²) in [6.45, 7) is 5.47. The zero-order valence-electron chi connectivity index (χ0n) is 19.5. The molecule has 34 heavy (non-hydrogen) atoms. The average molecular weight is 501 g/mol. The number of halogens is 3. The molecule has 1 amide bonds. The van der Waals surface area contributed by atoms with E-state index in [1.54, 1.807) is 0 Å². The molecule has 2 aliphatic rings. The summed E-state index contributed by atoms with van der Waals surface area (Å²) in [4.78, 5) is 16.8. The molecule has 1 heterocycles. The van der Waals surface area contributed by atoms with Gasteiger partial charge in [0.2, 0.25) is 15.9 Å². The van der Waals surface area contributed by atoms with E-state index in [4.69, 9.17) is 5.26 Å².